The van der Waals surface area contributed by atoms with Crippen molar-refractivity contribution in [3.63, 3.8) is 0 Å². The molecule has 0 aliphatic carbocycles. The van der Waals surface area contributed by atoms with Gasteiger partial charge >= 0.3 is 0 Å². The zero-order chi connectivity index (χ0) is 7.97. The third-order valence-corrected chi connectivity index (χ3v) is 1.87. The Kier molecular flexibility index (Phi) is 1.90. The van der Waals surface area contributed by atoms with Crippen molar-refractivity contribution in [3.05, 3.63) is 30.7 Å². The van der Waals surface area contributed by atoms with Crippen molar-refractivity contribution in [2.75, 3.05) is 0 Å². The van der Waals surface area contributed by atoms with Crippen LogP contribution in [0.5, 0.6) is 0 Å². The first-order chi connectivity index (χ1) is 5.95. The predicted octanol–water partition coefficient (Wildman–Crippen LogP) is 0.837. The number of fused-ring (bicyclic) bond motifs is 3. The van der Waals surface area contributed by atoms with Crippen molar-refractivity contribution < 1.29 is 20.1 Å². The van der Waals surface area contributed by atoms with Gasteiger partial charge in [0, 0.05) is 32.5 Å². The second-order valence-corrected chi connectivity index (χ2v) is 2.58. The Balaban J connectivity index is 0.000000653. The Bertz CT molecular complexity index is 489. The minimum atomic E-state index is 0. The molecule has 3 heterocycles. The van der Waals surface area contributed by atoms with Gasteiger partial charge in [-0.15, -0.1) is 0 Å². The van der Waals surface area contributed by atoms with Gasteiger partial charge < -0.3 is 9.50 Å². The Morgan fingerprint density at radius 3 is 3.15 bits per heavy atom. The normalized spacial score (nSPS) is 10.5. The van der Waals surface area contributed by atoms with E-state index in [2.05, 4.69) is 15.1 Å². The van der Waals surface area contributed by atoms with E-state index in [1.807, 2.05) is 12.1 Å². The van der Waals surface area contributed by atoms with E-state index >= 15 is 0 Å². The topological polar surface area (TPSA) is 44.3 Å². The summed E-state index contributed by atoms with van der Waals surface area (Å²) in [5, 5.41) is 5.13. The summed E-state index contributed by atoms with van der Waals surface area (Å²) in [6, 6.07) is 3.78. The Hall–Kier alpha value is -1.19. The molecule has 13 heavy (non-hydrogen) atoms. The van der Waals surface area contributed by atoms with Gasteiger partial charge in [0.25, 0.3) is 0 Å². The second kappa shape index (κ2) is 2.94. The Morgan fingerprint density at radius 1 is 1.31 bits per heavy atom. The first kappa shape index (κ1) is 8.41. The van der Waals surface area contributed by atoms with E-state index in [9.17, 15) is 0 Å². The van der Waals surface area contributed by atoms with Crippen LogP contribution in [0.25, 0.3) is 16.7 Å². The summed E-state index contributed by atoms with van der Waals surface area (Å²) in [5.41, 5.74) is 1.70. The zero-order valence-electron chi connectivity index (χ0n) is 6.51. The summed E-state index contributed by atoms with van der Waals surface area (Å²) in [4.78, 5) is 8.38. The molecule has 0 amide bonds. The van der Waals surface area contributed by atoms with Gasteiger partial charge in [0.2, 0.25) is 0 Å². The van der Waals surface area contributed by atoms with Gasteiger partial charge in [-0.2, -0.15) is 0 Å². The number of nitrogens with zero attached hydrogens (tertiary/aromatic N) is 4. The maximum Gasteiger partial charge on any atom is 0.0693 e. The van der Waals surface area contributed by atoms with E-state index in [0.29, 0.717) is 0 Å². The van der Waals surface area contributed by atoms with Gasteiger partial charge in [0.1, 0.15) is 0 Å². The summed E-state index contributed by atoms with van der Waals surface area (Å²) in [6.07, 6.45) is 5.28. The van der Waals surface area contributed by atoms with Gasteiger partial charge in [-0.25, -0.2) is 0 Å². The number of aromatic nitrogens is 4. The maximum absolute atomic E-state index is 4.20. The van der Waals surface area contributed by atoms with Crippen LogP contribution in [0, 0.1) is 0 Å². The number of rotatable bonds is 0. The minimum Gasteiger partial charge on any atom is -0.441 e. The molecule has 3 aromatic heterocycles. The molecule has 3 aromatic rings. The quantitative estimate of drug-likeness (QED) is 0.604. The van der Waals surface area contributed by atoms with Crippen molar-refractivity contribution in [2.45, 2.75) is 0 Å². The molecule has 4 nitrogen and oxygen atoms in total. The van der Waals surface area contributed by atoms with Crippen molar-refractivity contribution in [1.82, 2.24) is 19.6 Å². The van der Waals surface area contributed by atoms with Crippen molar-refractivity contribution in [1.29, 1.82) is 0 Å². The molecule has 0 saturated carbocycles. The molecule has 0 aliphatic rings. The molecular formula is C8H5IrN4-. The van der Waals surface area contributed by atoms with Gasteiger partial charge in [0.15, 0.2) is 0 Å². The van der Waals surface area contributed by atoms with Crippen LogP contribution in [-0.4, -0.2) is 14.6 Å². The number of hydrogen-bond acceptors (Lipinski definition) is 2. The van der Waals surface area contributed by atoms with Crippen LogP contribution in [-0.2, 0) is 20.1 Å². The molecule has 0 saturated heterocycles. The standard InChI is InChI=1S/C8H5N4.Ir/c1-3-9-8-6(1)5-10-7-2-4-11-12(7)8;/h1-5H;/q-1;. The molecule has 0 atom stereocenters. The summed E-state index contributed by atoms with van der Waals surface area (Å²) < 4.78 is 1.73. The SMILES string of the molecule is [Ir].c1cc2ncc3cc[n-]c3n2n1. The monoisotopic (exact) mass is 350 g/mol. The smallest absolute Gasteiger partial charge is 0.0693 e. The van der Waals surface area contributed by atoms with Crippen molar-refractivity contribution in [3.8, 4) is 0 Å². The molecule has 0 aromatic carbocycles. The van der Waals surface area contributed by atoms with Crippen molar-refractivity contribution in [2.24, 2.45) is 0 Å². The minimum absolute atomic E-state index is 0. The largest absolute Gasteiger partial charge is 0.441 e. The molecule has 5 heteroatoms. The van der Waals surface area contributed by atoms with Crippen LogP contribution >= 0.6 is 0 Å². The third-order valence-electron chi connectivity index (χ3n) is 1.87. The molecule has 0 N–H and O–H groups in total. The molecule has 67 valence electrons. The van der Waals surface area contributed by atoms with E-state index in [0.717, 1.165) is 16.7 Å². The fourth-order valence-corrected chi connectivity index (χ4v) is 1.31. The van der Waals surface area contributed by atoms with Crippen LogP contribution in [0.15, 0.2) is 30.7 Å². The molecule has 1 radical (unpaired) electrons. The van der Waals surface area contributed by atoms with E-state index in [4.69, 9.17) is 0 Å². The van der Waals surface area contributed by atoms with Crippen LogP contribution in [0.4, 0.5) is 0 Å². The molecule has 0 aliphatic heterocycles. The average molecular weight is 349 g/mol. The van der Waals surface area contributed by atoms with Gasteiger partial charge in [-0.05, 0) is 17.1 Å². The molecule has 0 unspecified atom stereocenters. The zero-order valence-corrected chi connectivity index (χ0v) is 8.90. The molecule has 0 fully saturated rings. The summed E-state index contributed by atoms with van der Waals surface area (Å²) in [5.74, 6) is 0. The maximum atomic E-state index is 4.20. The second-order valence-electron chi connectivity index (χ2n) is 2.58. The predicted molar refractivity (Wildman–Crippen MR) is 43.8 cm³/mol. The summed E-state index contributed by atoms with van der Waals surface area (Å²) in [6.45, 7) is 0. The van der Waals surface area contributed by atoms with Crippen LogP contribution in [0.1, 0.15) is 0 Å². The van der Waals surface area contributed by atoms with E-state index < -0.39 is 0 Å². The van der Waals surface area contributed by atoms with E-state index in [1.54, 1.807) is 23.1 Å². The first-order valence-electron chi connectivity index (χ1n) is 3.65. The van der Waals surface area contributed by atoms with Crippen molar-refractivity contribution >= 4 is 16.7 Å². The average Bonchev–Trinajstić information content (AvgIpc) is 2.71. The van der Waals surface area contributed by atoms with Gasteiger partial charge in [0.05, 0.1) is 5.65 Å². The van der Waals surface area contributed by atoms with E-state index in [1.165, 1.54) is 0 Å². The Labute approximate surface area is 87.3 Å². The molecule has 3 rings (SSSR count). The fraction of sp³-hybridized carbons (Fsp3) is 0. The van der Waals surface area contributed by atoms with Crippen LogP contribution < -0.4 is 4.98 Å². The summed E-state index contributed by atoms with van der Waals surface area (Å²) in [7, 11) is 0. The van der Waals surface area contributed by atoms with Crippen LogP contribution in [0.3, 0.4) is 0 Å². The molecule has 0 bridgehead atoms. The third kappa shape index (κ3) is 1.08. The molecule has 0 spiro atoms. The van der Waals surface area contributed by atoms with Gasteiger partial charge in [-0.3, -0.25) is 10.1 Å². The van der Waals surface area contributed by atoms with Crippen LogP contribution in [0.2, 0.25) is 0 Å². The number of hydrogen-bond donors (Lipinski definition) is 0. The van der Waals surface area contributed by atoms with Gasteiger partial charge in [-0.1, -0.05) is 12.3 Å². The first-order valence-corrected chi connectivity index (χ1v) is 3.65. The summed E-state index contributed by atoms with van der Waals surface area (Å²) >= 11 is 0. The fourth-order valence-electron chi connectivity index (χ4n) is 1.31. The van der Waals surface area contributed by atoms with E-state index in [-0.39, 0.29) is 20.1 Å². The molecular weight excluding hydrogens is 344 g/mol. The Morgan fingerprint density at radius 2 is 2.23 bits per heavy atom.